The minimum absolute atomic E-state index is 0. The van der Waals surface area contributed by atoms with Gasteiger partial charge in [0.05, 0.1) is 0 Å². The highest BCUT2D eigenvalue weighted by Crippen LogP contribution is 2.15. The van der Waals surface area contributed by atoms with Crippen LogP contribution in [0.4, 0.5) is 4.39 Å². The van der Waals surface area contributed by atoms with Crippen molar-refractivity contribution in [3.05, 3.63) is 34.1 Å². The summed E-state index contributed by atoms with van der Waals surface area (Å²) in [5.74, 6) is 0.445. The lowest BCUT2D eigenvalue weighted by molar-refractivity contribution is 0.603. The molecule has 1 rings (SSSR count). The first-order valence-electron chi connectivity index (χ1n) is 5.44. The van der Waals surface area contributed by atoms with Gasteiger partial charge < -0.3 is 10.6 Å². The minimum atomic E-state index is -0.222. The molecule has 0 radical (unpaired) electrons. The van der Waals surface area contributed by atoms with E-state index >= 15 is 0 Å². The van der Waals surface area contributed by atoms with Crippen LogP contribution in [0.15, 0.2) is 27.7 Å². The van der Waals surface area contributed by atoms with E-state index < -0.39 is 0 Å². The molecule has 0 unspecified atom stereocenters. The second-order valence-corrected chi connectivity index (χ2v) is 4.88. The Morgan fingerprint density at radius 1 is 1.44 bits per heavy atom. The standard InChI is InChI=1S/C12H17BrFN3.HI/c1-8(2)17-12(15-3)16-7-9-6-10(13)4-5-11(9)14;/h4-6,8H,7H2,1-3H3,(H2,15,16,17);1H. The van der Waals surface area contributed by atoms with Gasteiger partial charge in [-0.1, -0.05) is 15.9 Å². The smallest absolute Gasteiger partial charge is 0.191 e. The molecule has 0 aliphatic carbocycles. The number of halogens is 3. The maximum atomic E-state index is 13.5. The predicted molar refractivity (Wildman–Crippen MR) is 88.0 cm³/mol. The van der Waals surface area contributed by atoms with Gasteiger partial charge in [0.15, 0.2) is 5.96 Å². The molecule has 0 amide bonds. The normalized spacial score (nSPS) is 11.1. The Morgan fingerprint density at radius 3 is 2.67 bits per heavy atom. The second kappa shape index (κ2) is 8.68. The Bertz CT molecular complexity index is 410. The van der Waals surface area contributed by atoms with Crippen molar-refractivity contribution in [2.24, 2.45) is 4.99 Å². The molecule has 0 fully saturated rings. The summed E-state index contributed by atoms with van der Waals surface area (Å²) in [6, 6.07) is 5.17. The number of guanidine groups is 1. The lowest BCUT2D eigenvalue weighted by Gasteiger charge is -2.14. The number of aliphatic imine (C=N–C) groups is 1. The molecule has 0 spiro atoms. The largest absolute Gasteiger partial charge is 0.354 e. The Balaban J connectivity index is 0.00000289. The van der Waals surface area contributed by atoms with E-state index in [1.165, 1.54) is 6.07 Å². The zero-order chi connectivity index (χ0) is 12.8. The van der Waals surface area contributed by atoms with Crippen molar-refractivity contribution in [2.75, 3.05) is 7.05 Å². The van der Waals surface area contributed by atoms with E-state index in [9.17, 15) is 4.39 Å². The summed E-state index contributed by atoms with van der Waals surface area (Å²) in [5.41, 5.74) is 0.603. The molecule has 1 aromatic carbocycles. The highest BCUT2D eigenvalue weighted by atomic mass is 127. The number of rotatable bonds is 3. The summed E-state index contributed by atoms with van der Waals surface area (Å²) in [6.07, 6.45) is 0. The Kier molecular flexibility index (Phi) is 8.51. The molecular formula is C12H18BrFIN3. The van der Waals surface area contributed by atoms with Crippen molar-refractivity contribution in [3.63, 3.8) is 0 Å². The molecule has 102 valence electrons. The molecule has 0 saturated carbocycles. The van der Waals surface area contributed by atoms with E-state index in [1.54, 1.807) is 19.2 Å². The van der Waals surface area contributed by atoms with Gasteiger partial charge in [-0.25, -0.2) is 4.39 Å². The Hall–Kier alpha value is -0.370. The summed E-state index contributed by atoms with van der Waals surface area (Å²) < 4.78 is 14.3. The zero-order valence-corrected chi connectivity index (χ0v) is 14.5. The fourth-order valence-corrected chi connectivity index (χ4v) is 1.73. The zero-order valence-electron chi connectivity index (χ0n) is 10.6. The van der Waals surface area contributed by atoms with E-state index in [0.717, 1.165) is 4.47 Å². The molecule has 18 heavy (non-hydrogen) atoms. The molecule has 0 aromatic heterocycles. The highest BCUT2D eigenvalue weighted by molar-refractivity contribution is 14.0. The van der Waals surface area contributed by atoms with Crippen molar-refractivity contribution in [2.45, 2.75) is 26.4 Å². The van der Waals surface area contributed by atoms with Crippen LogP contribution in [0.2, 0.25) is 0 Å². The second-order valence-electron chi connectivity index (χ2n) is 3.96. The van der Waals surface area contributed by atoms with Crippen molar-refractivity contribution in [1.82, 2.24) is 10.6 Å². The van der Waals surface area contributed by atoms with E-state index in [1.807, 2.05) is 13.8 Å². The highest BCUT2D eigenvalue weighted by Gasteiger charge is 2.04. The van der Waals surface area contributed by atoms with Gasteiger partial charge in [-0.15, -0.1) is 24.0 Å². The molecule has 0 atom stereocenters. The van der Waals surface area contributed by atoms with Crippen LogP contribution in [0.25, 0.3) is 0 Å². The topological polar surface area (TPSA) is 36.4 Å². The fraction of sp³-hybridized carbons (Fsp3) is 0.417. The molecule has 0 saturated heterocycles. The van der Waals surface area contributed by atoms with Gasteiger partial charge in [0.25, 0.3) is 0 Å². The van der Waals surface area contributed by atoms with Gasteiger partial charge in [-0.2, -0.15) is 0 Å². The third-order valence-electron chi connectivity index (χ3n) is 2.10. The molecule has 0 heterocycles. The van der Waals surface area contributed by atoms with Crippen molar-refractivity contribution in [1.29, 1.82) is 0 Å². The molecule has 6 heteroatoms. The number of nitrogens with zero attached hydrogens (tertiary/aromatic N) is 1. The van der Waals surface area contributed by atoms with Gasteiger partial charge in [0.1, 0.15) is 5.82 Å². The molecule has 0 aliphatic rings. The first kappa shape index (κ1) is 17.6. The quantitative estimate of drug-likeness (QED) is 0.439. The molecule has 3 nitrogen and oxygen atoms in total. The fourth-order valence-electron chi connectivity index (χ4n) is 1.33. The molecule has 2 N–H and O–H groups in total. The van der Waals surface area contributed by atoms with Crippen LogP contribution in [0.5, 0.6) is 0 Å². The van der Waals surface area contributed by atoms with Crippen LogP contribution in [-0.2, 0) is 6.54 Å². The molecule has 0 bridgehead atoms. The minimum Gasteiger partial charge on any atom is -0.354 e. The average Bonchev–Trinajstić information content (AvgIpc) is 2.28. The lowest BCUT2D eigenvalue weighted by Crippen LogP contribution is -2.40. The van der Waals surface area contributed by atoms with E-state index in [-0.39, 0.29) is 35.8 Å². The lowest BCUT2D eigenvalue weighted by atomic mass is 10.2. The maximum absolute atomic E-state index is 13.5. The number of hydrogen-bond donors (Lipinski definition) is 2. The van der Waals surface area contributed by atoms with E-state index in [2.05, 4.69) is 31.6 Å². The average molecular weight is 430 g/mol. The van der Waals surface area contributed by atoms with Crippen LogP contribution >= 0.6 is 39.9 Å². The molecule has 1 aromatic rings. The Labute approximate surface area is 133 Å². The predicted octanol–water partition coefficient (Wildman–Crippen LogP) is 3.28. The van der Waals surface area contributed by atoms with Gasteiger partial charge in [0.2, 0.25) is 0 Å². The van der Waals surface area contributed by atoms with Gasteiger partial charge in [-0.3, -0.25) is 4.99 Å². The first-order valence-corrected chi connectivity index (χ1v) is 6.23. The van der Waals surface area contributed by atoms with Gasteiger partial charge in [-0.05, 0) is 32.0 Å². The summed E-state index contributed by atoms with van der Waals surface area (Å²) in [7, 11) is 1.69. The third kappa shape index (κ3) is 5.99. The maximum Gasteiger partial charge on any atom is 0.191 e. The summed E-state index contributed by atoms with van der Waals surface area (Å²) in [5, 5.41) is 6.20. The van der Waals surface area contributed by atoms with Crippen LogP contribution < -0.4 is 10.6 Å². The number of hydrogen-bond acceptors (Lipinski definition) is 1. The van der Waals surface area contributed by atoms with Crippen LogP contribution in [-0.4, -0.2) is 19.0 Å². The van der Waals surface area contributed by atoms with E-state index in [4.69, 9.17) is 0 Å². The number of nitrogens with one attached hydrogen (secondary N) is 2. The van der Waals surface area contributed by atoms with Crippen LogP contribution in [0.3, 0.4) is 0 Å². The van der Waals surface area contributed by atoms with Crippen LogP contribution in [0, 0.1) is 5.82 Å². The SMILES string of the molecule is CN=C(NCc1cc(Br)ccc1F)NC(C)C.I. The monoisotopic (exact) mass is 429 g/mol. The molecular weight excluding hydrogens is 412 g/mol. The van der Waals surface area contributed by atoms with Crippen molar-refractivity contribution < 1.29 is 4.39 Å². The Morgan fingerprint density at radius 2 is 2.11 bits per heavy atom. The van der Waals surface area contributed by atoms with Gasteiger partial charge >= 0.3 is 0 Å². The van der Waals surface area contributed by atoms with Gasteiger partial charge in [0, 0.05) is 29.7 Å². The number of benzene rings is 1. The summed E-state index contributed by atoms with van der Waals surface area (Å²) in [4.78, 5) is 4.06. The summed E-state index contributed by atoms with van der Waals surface area (Å²) >= 11 is 3.32. The first-order chi connectivity index (χ1) is 8.02. The van der Waals surface area contributed by atoms with Crippen LogP contribution in [0.1, 0.15) is 19.4 Å². The summed E-state index contributed by atoms with van der Waals surface area (Å²) in [6.45, 7) is 4.44. The van der Waals surface area contributed by atoms with Crippen molar-refractivity contribution in [3.8, 4) is 0 Å². The molecule has 0 aliphatic heterocycles. The third-order valence-corrected chi connectivity index (χ3v) is 2.60. The van der Waals surface area contributed by atoms with E-state index in [0.29, 0.717) is 18.1 Å². The van der Waals surface area contributed by atoms with Crippen molar-refractivity contribution >= 4 is 45.9 Å².